The fourth-order valence-electron chi connectivity index (χ4n) is 4.31. The standard InChI is InChI=1S/C27H23Cl2NO6/c1-14-7-5-8-15(11-14)22-20(23(31)18-13-19(28)26(36-4)21(29)25(18)35-3)24(32)27(33)30(22)16-9-6-10-17(12-16)34-2/h5-13,22,31H,1-4H3/b23-20+. The van der Waals surface area contributed by atoms with Crippen LogP contribution in [-0.2, 0) is 9.59 Å². The van der Waals surface area contributed by atoms with Crippen LogP contribution in [0.15, 0.2) is 60.2 Å². The summed E-state index contributed by atoms with van der Waals surface area (Å²) >= 11 is 12.8. The molecule has 1 aliphatic heterocycles. The summed E-state index contributed by atoms with van der Waals surface area (Å²) in [5.41, 5.74) is 1.89. The summed E-state index contributed by atoms with van der Waals surface area (Å²) in [6, 6.07) is 14.6. The minimum Gasteiger partial charge on any atom is -0.507 e. The van der Waals surface area contributed by atoms with Crippen molar-refractivity contribution in [1.82, 2.24) is 0 Å². The average Bonchev–Trinajstić information content (AvgIpc) is 3.14. The van der Waals surface area contributed by atoms with E-state index in [1.807, 2.05) is 25.1 Å². The molecule has 1 atom stereocenters. The van der Waals surface area contributed by atoms with E-state index in [0.29, 0.717) is 17.0 Å². The predicted octanol–water partition coefficient (Wildman–Crippen LogP) is 5.95. The lowest BCUT2D eigenvalue weighted by molar-refractivity contribution is -0.132. The van der Waals surface area contributed by atoms with Crippen molar-refractivity contribution in [3.63, 3.8) is 0 Å². The van der Waals surface area contributed by atoms with E-state index in [1.165, 1.54) is 32.3 Å². The first-order valence-electron chi connectivity index (χ1n) is 10.8. The Labute approximate surface area is 218 Å². The zero-order valence-electron chi connectivity index (χ0n) is 20.0. The molecule has 186 valence electrons. The second-order valence-corrected chi connectivity index (χ2v) is 8.86. The van der Waals surface area contributed by atoms with Crippen LogP contribution in [0.25, 0.3) is 5.76 Å². The number of nitrogens with zero attached hydrogens (tertiary/aromatic N) is 1. The van der Waals surface area contributed by atoms with Crippen molar-refractivity contribution in [2.75, 3.05) is 26.2 Å². The highest BCUT2D eigenvalue weighted by Crippen LogP contribution is 2.48. The van der Waals surface area contributed by atoms with Gasteiger partial charge in [-0.1, -0.05) is 59.1 Å². The van der Waals surface area contributed by atoms with E-state index in [2.05, 4.69) is 0 Å². The molecular formula is C27H23Cl2NO6. The second-order valence-electron chi connectivity index (χ2n) is 8.07. The maximum atomic E-state index is 13.4. The first-order valence-corrected chi connectivity index (χ1v) is 11.6. The number of aryl methyl sites for hydroxylation is 1. The van der Waals surface area contributed by atoms with Gasteiger partial charge in [0.15, 0.2) is 11.5 Å². The molecule has 0 bridgehead atoms. The molecule has 0 aliphatic carbocycles. The molecule has 3 aromatic carbocycles. The smallest absolute Gasteiger partial charge is 0.300 e. The zero-order chi connectivity index (χ0) is 26.1. The number of hydrogen-bond acceptors (Lipinski definition) is 6. The molecule has 1 aliphatic rings. The Balaban J connectivity index is 2.02. The first-order chi connectivity index (χ1) is 17.2. The number of ether oxygens (including phenoxy) is 3. The summed E-state index contributed by atoms with van der Waals surface area (Å²) in [6.07, 6.45) is 0. The molecular weight excluding hydrogens is 505 g/mol. The fourth-order valence-corrected chi connectivity index (χ4v) is 4.99. The van der Waals surface area contributed by atoms with Gasteiger partial charge in [0.2, 0.25) is 0 Å². The number of carbonyl (C=O) groups excluding carboxylic acids is 2. The third kappa shape index (κ3) is 4.25. The van der Waals surface area contributed by atoms with Gasteiger partial charge in [-0.25, -0.2) is 0 Å². The lowest BCUT2D eigenvalue weighted by Crippen LogP contribution is -2.29. The van der Waals surface area contributed by atoms with Gasteiger partial charge in [0.1, 0.15) is 16.5 Å². The molecule has 1 heterocycles. The van der Waals surface area contributed by atoms with Gasteiger partial charge in [0.05, 0.1) is 43.5 Å². The van der Waals surface area contributed by atoms with Gasteiger partial charge in [0.25, 0.3) is 11.7 Å². The molecule has 0 spiro atoms. The maximum absolute atomic E-state index is 13.4. The molecule has 0 aromatic heterocycles. The second kappa shape index (κ2) is 10.1. The Morgan fingerprint density at radius 1 is 0.917 bits per heavy atom. The van der Waals surface area contributed by atoms with E-state index in [4.69, 9.17) is 37.4 Å². The molecule has 1 N–H and O–H groups in total. The molecule has 3 aromatic rings. The number of hydrogen-bond donors (Lipinski definition) is 1. The minimum atomic E-state index is -0.943. The maximum Gasteiger partial charge on any atom is 0.300 e. The van der Waals surface area contributed by atoms with E-state index in [9.17, 15) is 14.7 Å². The van der Waals surface area contributed by atoms with Gasteiger partial charge >= 0.3 is 0 Å². The third-order valence-electron chi connectivity index (χ3n) is 5.93. The molecule has 4 rings (SSSR count). The van der Waals surface area contributed by atoms with Gasteiger partial charge in [-0.15, -0.1) is 0 Å². The normalized spacial score (nSPS) is 16.8. The molecule has 1 saturated heterocycles. The van der Waals surface area contributed by atoms with Crippen LogP contribution in [-0.4, -0.2) is 38.1 Å². The number of carbonyl (C=O) groups is 2. The predicted molar refractivity (Wildman–Crippen MR) is 139 cm³/mol. The van der Waals surface area contributed by atoms with Crippen LogP contribution < -0.4 is 19.1 Å². The zero-order valence-corrected chi connectivity index (χ0v) is 21.5. The Morgan fingerprint density at radius 3 is 2.25 bits per heavy atom. The summed E-state index contributed by atoms with van der Waals surface area (Å²) in [4.78, 5) is 28.2. The van der Waals surface area contributed by atoms with Crippen molar-refractivity contribution in [3.8, 4) is 17.2 Å². The molecule has 9 heteroatoms. The van der Waals surface area contributed by atoms with Crippen molar-refractivity contribution < 1.29 is 28.9 Å². The number of Topliss-reactive ketones (excluding diaryl/α,β-unsaturated/α-hetero) is 1. The molecule has 1 fully saturated rings. The van der Waals surface area contributed by atoms with Gasteiger partial charge in [-0.2, -0.15) is 0 Å². The van der Waals surface area contributed by atoms with E-state index >= 15 is 0 Å². The number of rotatable bonds is 6. The van der Waals surface area contributed by atoms with Crippen LogP contribution in [0.4, 0.5) is 5.69 Å². The van der Waals surface area contributed by atoms with Crippen LogP contribution in [0.3, 0.4) is 0 Å². The van der Waals surface area contributed by atoms with Crippen molar-refractivity contribution in [3.05, 3.63) is 86.9 Å². The van der Waals surface area contributed by atoms with E-state index in [0.717, 1.165) is 5.56 Å². The van der Waals surface area contributed by atoms with E-state index < -0.39 is 23.5 Å². The lowest BCUT2D eigenvalue weighted by atomic mass is 9.94. The number of ketones is 1. The average molecular weight is 528 g/mol. The molecule has 1 unspecified atom stereocenters. The monoisotopic (exact) mass is 527 g/mol. The molecule has 36 heavy (non-hydrogen) atoms. The van der Waals surface area contributed by atoms with Crippen molar-refractivity contribution in [2.45, 2.75) is 13.0 Å². The number of methoxy groups -OCH3 is 3. The Morgan fingerprint density at radius 2 is 1.61 bits per heavy atom. The lowest BCUT2D eigenvalue weighted by Gasteiger charge is -2.26. The third-order valence-corrected chi connectivity index (χ3v) is 6.55. The number of amides is 1. The van der Waals surface area contributed by atoms with Gasteiger partial charge in [-0.05, 0) is 30.7 Å². The summed E-state index contributed by atoms with van der Waals surface area (Å²) in [6.45, 7) is 1.90. The van der Waals surface area contributed by atoms with Crippen molar-refractivity contribution in [2.24, 2.45) is 0 Å². The van der Waals surface area contributed by atoms with Gasteiger partial charge in [-0.3, -0.25) is 14.5 Å². The van der Waals surface area contributed by atoms with Crippen LogP contribution >= 0.6 is 23.2 Å². The van der Waals surface area contributed by atoms with Crippen LogP contribution in [0.5, 0.6) is 17.2 Å². The topological polar surface area (TPSA) is 85.3 Å². The Bertz CT molecular complexity index is 1400. The summed E-state index contributed by atoms with van der Waals surface area (Å²) in [5.74, 6) is -1.45. The number of anilines is 1. The SMILES string of the molecule is COc1cccc(N2C(=O)C(=O)/C(=C(/O)c3cc(Cl)c(OC)c(Cl)c3OC)C2c2cccc(C)c2)c1. The van der Waals surface area contributed by atoms with Gasteiger partial charge in [0, 0.05) is 11.8 Å². The minimum absolute atomic E-state index is 0.0168. The largest absolute Gasteiger partial charge is 0.507 e. The van der Waals surface area contributed by atoms with E-state index in [-0.39, 0.29) is 32.7 Å². The number of halogens is 2. The number of aliphatic hydroxyl groups excluding tert-OH is 1. The number of benzene rings is 3. The molecule has 0 radical (unpaired) electrons. The summed E-state index contributed by atoms with van der Waals surface area (Å²) in [5, 5.41) is 11.6. The quantitative estimate of drug-likeness (QED) is 0.242. The molecule has 7 nitrogen and oxygen atoms in total. The van der Waals surface area contributed by atoms with Gasteiger partial charge < -0.3 is 19.3 Å². The highest BCUT2D eigenvalue weighted by Gasteiger charge is 2.47. The molecule has 1 amide bonds. The van der Waals surface area contributed by atoms with E-state index in [1.54, 1.807) is 30.3 Å². The summed E-state index contributed by atoms with van der Waals surface area (Å²) < 4.78 is 16.0. The Hall–Kier alpha value is -3.68. The van der Waals surface area contributed by atoms with Crippen LogP contribution in [0, 0.1) is 6.92 Å². The van der Waals surface area contributed by atoms with Crippen LogP contribution in [0.1, 0.15) is 22.7 Å². The Kier molecular flexibility index (Phi) is 7.15. The van der Waals surface area contributed by atoms with Crippen LogP contribution in [0.2, 0.25) is 10.0 Å². The van der Waals surface area contributed by atoms with Crippen molar-refractivity contribution >= 4 is 46.3 Å². The van der Waals surface area contributed by atoms with Crippen molar-refractivity contribution in [1.29, 1.82) is 0 Å². The highest BCUT2D eigenvalue weighted by atomic mass is 35.5. The summed E-state index contributed by atoms with van der Waals surface area (Å²) in [7, 11) is 4.26. The number of aliphatic hydroxyl groups is 1. The highest BCUT2D eigenvalue weighted by molar-refractivity contribution is 6.52. The fraction of sp³-hybridized carbons (Fsp3) is 0.185. The molecule has 0 saturated carbocycles. The first kappa shape index (κ1) is 25.4.